The summed E-state index contributed by atoms with van der Waals surface area (Å²) in [6.07, 6.45) is 0. The Kier molecular flexibility index (Phi) is 3.67. The Bertz CT molecular complexity index is 775. The Hall–Kier alpha value is -3.00. The van der Waals surface area contributed by atoms with Gasteiger partial charge in [-0.15, -0.1) is 5.06 Å². The zero-order chi connectivity index (χ0) is 16.6. The number of aryl methyl sites for hydroxylation is 1. The molecular formula is C15H13N3O5. The van der Waals surface area contributed by atoms with Gasteiger partial charge in [0.15, 0.2) is 0 Å². The fraction of sp³-hybridized carbons (Fsp3) is 0.200. The number of hydrogen-bond acceptors (Lipinski definition) is 6. The van der Waals surface area contributed by atoms with Crippen LogP contribution in [0.1, 0.15) is 17.2 Å². The summed E-state index contributed by atoms with van der Waals surface area (Å²) in [5.41, 5.74) is 1.44. The molecule has 1 fully saturated rings. The molecule has 23 heavy (non-hydrogen) atoms. The minimum Gasteiger partial charge on any atom is -0.398 e. The number of benzene rings is 2. The molecule has 0 radical (unpaired) electrons. The van der Waals surface area contributed by atoms with Crippen molar-refractivity contribution in [1.29, 1.82) is 0 Å². The zero-order valence-electron chi connectivity index (χ0n) is 12.2. The van der Waals surface area contributed by atoms with Crippen LogP contribution in [0, 0.1) is 27.2 Å². The lowest BCUT2D eigenvalue weighted by molar-refractivity contribution is -0.395. The van der Waals surface area contributed by atoms with Crippen LogP contribution in [0.2, 0.25) is 0 Å². The molecule has 0 spiro atoms. The average molecular weight is 315 g/mol. The van der Waals surface area contributed by atoms with Crippen molar-refractivity contribution in [3.8, 4) is 5.75 Å². The Labute approximate surface area is 131 Å². The molecule has 2 aromatic carbocycles. The first-order valence-electron chi connectivity index (χ1n) is 6.89. The lowest BCUT2D eigenvalue weighted by atomic mass is 10.1. The molecule has 2 aromatic rings. The molecule has 3 rings (SSSR count). The number of rotatable bonds is 5. The molecule has 0 amide bonds. The first-order chi connectivity index (χ1) is 11.0. The Morgan fingerprint density at radius 3 is 2.39 bits per heavy atom. The number of non-ortho nitro benzene ring substituents is 1. The van der Waals surface area contributed by atoms with Crippen molar-refractivity contribution in [2.75, 3.05) is 6.54 Å². The van der Waals surface area contributed by atoms with E-state index >= 15 is 0 Å². The predicted octanol–water partition coefficient (Wildman–Crippen LogP) is 3.16. The third kappa shape index (κ3) is 3.11. The van der Waals surface area contributed by atoms with Gasteiger partial charge in [0.2, 0.25) is 5.75 Å². The van der Waals surface area contributed by atoms with Crippen LogP contribution in [0.15, 0.2) is 42.5 Å². The molecular weight excluding hydrogens is 302 g/mol. The number of hydroxylamine groups is 2. The van der Waals surface area contributed by atoms with Gasteiger partial charge in [0.1, 0.15) is 0 Å². The van der Waals surface area contributed by atoms with Crippen molar-refractivity contribution >= 4 is 11.4 Å². The number of nitro benzene ring substituents is 2. The number of hydrogen-bond donors (Lipinski definition) is 0. The highest BCUT2D eigenvalue weighted by Crippen LogP contribution is 2.39. The maximum absolute atomic E-state index is 11.1. The summed E-state index contributed by atoms with van der Waals surface area (Å²) in [5, 5.41) is 23.4. The molecule has 0 aromatic heterocycles. The molecule has 0 saturated carbocycles. The maximum atomic E-state index is 11.1. The fourth-order valence-corrected chi connectivity index (χ4v) is 2.25. The topological polar surface area (TPSA) is 98.5 Å². The van der Waals surface area contributed by atoms with E-state index in [0.29, 0.717) is 6.54 Å². The largest absolute Gasteiger partial charge is 0.398 e. The van der Waals surface area contributed by atoms with E-state index in [1.165, 1.54) is 12.1 Å². The van der Waals surface area contributed by atoms with Gasteiger partial charge in [0.25, 0.3) is 5.69 Å². The van der Waals surface area contributed by atoms with Gasteiger partial charge < -0.3 is 4.84 Å². The lowest BCUT2D eigenvalue weighted by Gasteiger charge is -2.07. The fourth-order valence-electron chi connectivity index (χ4n) is 2.25. The second-order valence-electron chi connectivity index (χ2n) is 5.28. The highest BCUT2D eigenvalue weighted by molar-refractivity contribution is 5.53. The molecule has 0 bridgehead atoms. The van der Waals surface area contributed by atoms with Gasteiger partial charge in [-0.2, -0.15) is 0 Å². The van der Waals surface area contributed by atoms with Gasteiger partial charge in [-0.25, -0.2) is 0 Å². The van der Waals surface area contributed by atoms with Gasteiger partial charge >= 0.3 is 5.69 Å². The number of nitrogens with zero attached hydrogens (tertiary/aromatic N) is 3. The van der Waals surface area contributed by atoms with Gasteiger partial charge in [-0.05, 0) is 18.6 Å². The molecule has 1 saturated heterocycles. The van der Waals surface area contributed by atoms with E-state index in [9.17, 15) is 20.2 Å². The van der Waals surface area contributed by atoms with E-state index in [1.807, 2.05) is 31.2 Å². The molecule has 2 atom stereocenters. The van der Waals surface area contributed by atoms with E-state index in [4.69, 9.17) is 4.84 Å². The molecule has 1 aliphatic rings. The molecule has 0 N–H and O–H groups in total. The van der Waals surface area contributed by atoms with Gasteiger partial charge in [-0.1, -0.05) is 29.8 Å². The van der Waals surface area contributed by atoms with Crippen LogP contribution >= 0.6 is 0 Å². The summed E-state index contributed by atoms with van der Waals surface area (Å²) in [7, 11) is 0. The third-order valence-electron chi connectivity index (χ3n) is 3.59. The summed E-state index contributed by atoms with van der Waals surface area (Å²) in [6.45, 7) is 2.60. The van der Waals surface area contributed by atoms with Crippen molar-refractivity contribution in [3.05, 3.63) is 73.8 Å². The first-order valence-corrected chi connectivity index (χ1v) is 6.89. The second kappa shape index (κ2) is 5.65. The molecule has 8 nitrogen and oxygen atoms in total. The monoisotopic (exact) mass is 315 g/mol. The van der Waals surface area contributed by atoms with Crippen LogP contribution in [0.5, 0.6) is 5.75 Å². The van der Waals surface area contributed by atoms with Gasteiger partial charge in [0.05, 0.1) is 28.5 Å². The standard InChI is InChI=1S/C15H13N3O5/c1-10-2-4-11(5-3-10)14-9-16(14)23-15-7-6-12(17(19)20)8-13(15)18(21)22/h2-8,14H,9H2,1H3. The normalized spacial score (nSPS) is 19.2. The van der Waals surface area contributed by atoms with Crippen LogP contribution in [-0.2, 0) is 0 Å². The molecule has 2 unspecified atom stereocenters. The molecule has 8 heteroatoms. The van der Waals surface area contributed by atoms with E-state index in [-0.39, 0.29) is 17.5 Å². The number of nitro groups is 2. The second-order valence-corrected chi connectivity index (χ2v) is 5.28. The Morgan fingerprint density at radius 2 is 1.78 bits per heavy atom. The predicted molar refractivity (Wildman–Crippen MR) is 81.0 cm³/mol. The minimum atomic E-state index is -0.688. The summed E-state index contributed by atoms with van der Waals surface area (Å²) in [6, 6.07) is 11.3. The summed E-state index contributed by atoms with van der Waals surface area (Å²) in [4.78, 5) is 25.9. The van der Waals surface area contributed by atoms with E-state index < -0.39 is 15.5 Å². The smallest absolute Gasteiger partial charge is 0.320 e. The Morgan fingerprint density at radius 1 is 1.09 bits per heavy atom. The molecule has 118 valence electrons. The molecule has 1 aliphatic heterocycles. The van der Waals surface area contributed by atoms with Crippen molar-refractivity contribution in [2.24, 2.45) is 0 Å². The van der Waals surface area contributed by atoms with Crippen LogP contribution < -0.4 is 4.84 Å². The first kappa shape index (κ1) is 14.9. The highest BCUT2D eigenvalue weighted by atomic mass is 16.7. The molecule has 1 heterocycles. The van der Waals surface area contributed by atoms with Crippen LogP contribution in [0.25, 0.3) is 0 Å². The van der Waals surface area contributed by atoms with Crippen LogP contribution in [0.3, 0.4) is 0 Å². The maximum Gasteiger partial charge on any atom is 0.320 e. The van der Waals surface area contributed by atoms with Crippen molar-refractivity contribution in [1.82, 2.24) is 5.06 Å². The lowest BCUT2D eigenvalue weighted by Crippen LogP contribution is -2.06. The third-order valence-corrected chi connectivity index (χ3v) is 3.59. The summed E-state index contributed by atoms with van der Waals surface area (Å²) >= 11 is 0. The zero-order valence-corrected chi connectivity index (χ0v) is 12.2. The van der Waals surface area contributed by atoms with Crippen molar-refractivity contribution < 1.29 is 14.7 Å². The quantitative estimate of drug-likeness (QED) is 0.477. The SMILES string of the molecule is Cc1ccc(C2CN2Oc2ccc([N+](=O)[O-])cc2[N+](=O)[O-])cc1. The van der Waals surface area contributed by atoms with Crippen LogP contribution in [-0.4, -0.2) is 21.5 Å². The van der Waals surface area contributed by atoms with Crippen LogP contribution in [0.4, 0.5) is 11.4 Å². The van der Waals surface area contributed by atoms with E-state index in [2.05, 4.69) is 0 Å². The molecule has 0 aliphatic carbocycles. The van der Waals surface area contributed by atoms with E-state index in [0.717, 1.165) is 17.2 Å². The Balaban J connectivity index is 1.77. The van der Waals surface area contributed by atoms with Gasteiger partial charge in [0, 0.05) is 6.07 Å². The van der Waals surface area contributed by atoms with Gasteiger partial charge in [-0.3, -0.25) is 20.2 Å². The van der Waals surface area contributed by atoms with Crippen molar-refractivity contribution in [2.45, 2.75) is 13.0 Å². The summed E-state index contributed by atoms with van der Waals surface area (Å²) < 4.78 is 0. The summed E-state index contributed by atoms with van der Waals surface area (Å²) in [5.74, 6) is -0.00443. The minimum absolute atomic E-state index is 0.00443. The average Bonchev–Trinajstić information content (AvgIpc) is 3.27. The van der Waals surface area contributed by atoms with Crippen molar-refractivity contribution in [3.63, 3.8) is 0 Å². The highest BCUT2D eigenvalue weighted by Gasteiger charge is 2.39. The van der Waals surface area contributed by atoms with E-state index in [1.54, 1.807) is 5.06 Å².